The van der Waals surface area contributed by atoms with Crippen LogP contribution in [0.5, 0.6) is 0 Å². The summed E-state index contributed by atoms with van der Waals surface area (Å²) in [6.45, 7) is 0.725. The number of alkyl halides is 1. The van der Waals surface area contributed by atoms with Gasteiger partial charge in [0.05, 0.1) is 20.6 Å². The van der Waals surface area contributed by atoms with Gasteiger partial charge in [-0.05, 0) is 6.07 Å². The minimum Gasteiger partial charge on any atom is -0.338 e. The van der Waals surface area contributed by atoms with Gasteiger partial charge in [-0.25, -0.2) is 4.39 Å². The number of halogens is 2. The van der Waals surface area contributed by atoms with E-state index in [1.165, 1.54) is 11.0 Å². The fourth-order valence-corrected chi connectivity index (χ4v) is 1.68. The molecule has 72 valence electrons. The number of nitrogens with one attached hydrogen (secondary N) is 1. The summed E-state index contributed by atoms with van der Waals surface area (Å²) in [4.78, 5) is 1.21. The zero-order chi connectivity index (χ0) is 9.84. The highest BCUT2D eigenvalue weighted by Crippen LogP contribution is 2.21. The maximum absolute atomic E-state index is 13.2. The maximum atomic E-state index is 13.2. The first kappa shape index (κ1) is 10.5. The van der Waals surface area contributed by atoms with Gasteiger partial charge in [0.15, 0.2) is 0 Å². The van der Waals surface area contributed by atoms with Crippen LogP contribution in [0, 0.1) is 5.82 Å². The second-order valence-electron chi connectivity index (χ2n) is 3.40. The van der Waals surface area contributed by atoms with E-state index in [2.05, 4.69) is 0 Å². The number of rotatable bonds is 3. The van der Waals surface area contributed by atoms with Crippen LogP contribution in [0.4, 0.5) is 4.39 Å². The van der Waals surface area contributed by atoms with Crippen molar-refractivity contribution >= 4 is 11.6 Å². The molecule has 1 rings (SSSR count). The van der Waals surface area contributed by atoms with E-state index >= 15 is 0 Å². The lowest BCUT2D eigenvalue weighted by Gasteiger charge is -2.13. The number of hydrogen-bond donors (Lipinski definition) is 1. The van der Waals surface area contributed by atoms with Crippen molar-refractivity contribution < 1.29 is 9.29 Å². The highest BCUT2D eigenvalue weighted by atomic mass is 35.5. The van der Waals surface area contributed by atoms with Crippen molar-refractivity contribution in [3.05, 3.63) is 35.6 Å². The molecule has 0 spiro atoms. The Kier molecular flexibility index (Phi) is 3.70. The molecule has 0 aliphatic rings. The lowest BCUT2D eigenvalue weighted by atomic mass is 10.1. The molecule has 3 heteroatoms. The van der Waals surface area contributed by atoms with Crippen LogP contribution >= 0.6 is 11.6 Å². The van der Waals surface area contributed by atoms with Crippen LogP contribution in [-0.2, 0) is 0 Å². The van der Waals surface area contributed by atoms with Crippen LogP contribution in [-0.4, -0.2) is 20.6 Å². The van der Waals surface area contributed by atoms with Crippen LogP contribution in [0.2, 0.25) is 0 Å². The van der Waals surface area contributed by atoms with E-state index in [0.29, 0.717) is 5.56 Å². The predicted octanol–water partition coefficient (Wildman–Crippen LogP) is 1.25. The zero-order valence-electron chi connectivity index (χ0n) is 7.85. The molecule has 1 aromatic carbocycles. The highest BCUT2D eigenvalue weighted by molar-refractivity contribution is 6.20. The number of quaternary nitrogens is 1. The van der Waals surface area contributed by atoms with Gasteiger partial charge in [0.25, 0.3) is 0 Å². The van der Waals surface area contributed by atoms with Crippen LogP contribution < -0.4 is 4.90 Å². The third-order valence-corrected chi connectivity index (χ3v) is 2.22. The van der Waals surface area contributed by atoms with E-state index < -0.39 is 0 Å². The lowest BCUT2D eigenvalue weighted by Crippen LogP contribution is -3.06. The molecule has 0 radical (unpaired) electrons. The van der Waals surface area contributed by atoms with E-state index in [0.717, 1.165) is 6.54 Å². The van der Waals surface area contributed by atoms with Gasteiger partial charge < -0.3 is 4.90 Å². The monoisotopic (exact) mass is 202 g/mol. The standard InChI is InChI=1S/C10H13ClFN/c1-13(2)7-9(11)8-5-3-4-6-10(8)12/h3-6,9H,7H2,1-2H3/p+1/t9-/m1/s1. The largest absolute Gasteiger partial charge is 0.338 e. The molecule has 13 heavy (non-hydrogen) atoms. The normalized spacial score (nSPS) is 13.3. The number of likely N-dealkylation sites (N-methyl/N-ethyl adjacent to an activating group) is 1. The van der Waals surface area contributed by atoms with E-state index in [9.17, 15) is 4.39 Å². The van der Waals surface area contributed by atoms with E-state index in [-0.39, 0.29) is 11.2 Å². The van der Waals surface area contributed by atoms with Gasteiger partial charge in [-0.2, -0.15) is 0 Å². The Morgan fingerprint density at radius 2 is 2.00 bits per heavy atom. The summed E-state index contributed by atoms with van der Waals surface area (Å²) in [5.74, 6) is -0.219. The molecular weight excluding hydrogens is 189 g/mol. The lowest BCUT2D eigenvalue weighted by molar-refractivity contribution is -0.858. The average Bonchev–Trinajstić information content (AvgIpc) is 2.03. The maximum Gasteiger partial charge on any atom is 0.128 e. The fourth-order valence-electron chi connectivity index (χ4n) is 1.20. The smallest absolute Gasteiger partial charge is 0.128 e. The van der Waals surface area contributed by atoms with Gasteiger partial charge in [0, 0.05) is 5.56 Å². The molecule has 0 aliphatic carbocycles. The minimum atomic E-state index is -0.244. The molecule has 1 aromatic rings. The average molecular weight is 203 g/mol. The van der Waals surface area contributed by atoms with Crippen molar-refractivity contribution in [1.82, 2.24) is 0 Å². The molecule has 1 nitrogen and oxygen atoms in total. The topological polar surface area (TPSA) is 4.44 Å². The Bertz CT molecular complexity index is 275. The molecule has 0 amide bonds. The Morgan fingerprint density at radius 3 is 2.54 bits per heavy atom. The first-order valence-corrected chi connectivity index (χ1v) is 4.72. The molecule has 0 saturated heterocycles. The molecule has 0 heterocycles. The zero-order valence-corrected chi connectivity index (χ0v) is 8.61. The van der Waals surface area contributed by atoms with Crippen molar-refractivity contribution in [3.8, 4) is 0 Å². The van der Waals surface area contributed by atoms with Crippen LogP contribution in [0.25, 0.3) is 0 Å². The molecule has 0 fully saturated rings. The van der Waals surface area contributed by atoms with E-state index in [1.54, 1.807) is 18.2 Å². The Hall–Kier alpha value is -0.600. The van der Waals surface area contributed by atoms with Crippen molar-refractivity contribution in [2.45, 2.75) is 5.38 Å². The Labute approximate surface area is 83.1 Å². The molecule has 1 N–H and O–H groups in total. The minimum absolute atomic E-state index is 0.219. The quantitative estimate of drug-likeness (QED) is 0.704. The summed E-state index contributed by atoms with van der Waals surface area (Å²) >= 11 is 6.05. The predicted molar refractivity (Wildman–Crippen MR) is 52.7 cm³/mol. The van der Waals surface area contributed by atoms with Gasteiger partial charge in [-0.1, -0.05) is 18.2 Å². The number of benzene rings is 1. The van der Waals surface area contributed by atoms with Crippen LogP contribution in [0.3, 0.4) is 0 Å². The summed E-state index contributed by atoms with van der Waals surface area (Å²) < 4.78 is 13.2. The molecule has 0 aromatic heterocycles. The van der Waals surface area contributed by atoms with Crippen molar-refractivity contribution in [3.63, 3.8) is 0 Å². The van der Waals surface area contributed by atoms with Crippen molar-refractivity contribution in [2.24, 2.45) is 0 Å². The van der Waals surface area contributed by atoms with Crippen LogP contribution in [0.1, 0.15) is 10.9 Å². The second-order valence-corrected chi connectivity index (χ2v) is 3.93. The summed E-state index contributed by atoms with van der Waals surface area (Å²) in [7, 11) is 3.99. The SMILES string of the molecule is C[NH+](C)C[C@@H](Cl)c1ccccc1F. The van der Waals surface area contributed by atoms with E-state index in [4.69, 9.17) is 11.6 Å². The highest BCUT2D eigenvalue weighted by Gasteiger charge is 2.14. The summed E-state index contributed by atoms with van der Waals surface area (Å²) in [6, 6.07) is 6.65. The molecular formula is C10H14ClFN+. The first-order chi connectivity index (χ1) is 6.11. The van der Waals surface area contributed by atoms with Crippen molar-refractivity contribution in [2.75, 3.05) is 20.6 Å². The third-order valence-electron chi connectivity index (χ3n) is 1.83. The van der Waals surface area contributed by atoms with Gasteiger partial charge in [0.1, 0.15) is 11.2 Å². The van der Waals surface area contributed by atoms with E-state index in [1.807, 2.05) is 14.1 Å². The van der Waals surface area contributed by atoms with Gasteiger partial charge >= 0.3 is 0 Å². The molecule has 0 bridgehead atoms. The molecule has 0 unspecified atom stereocenters. The van der Waals surface area contributed by atoms with Crippen LogP contribution in [0.15, 0.2) is 24.3 Å². The fraction of sp³-hybridized carbons (Fsp3) is 0.400. The Morgan fingerprint density at radius 1 is 1.38 bits per heavy atom. The van der Waals surface area contributed by atoms with Gasteiger partial charge in [-0.3, -0.25) is 0 Å². The van der Waals surface area contributed by atoms with Gasteiger partial charge in [-0.15, -0.1) is 11.6 Å². The molecule has 0 aliphatic heterocycles. The summed E-state index contributed by atoms with van der Waals surface area (Å²) in [5.41, 5.74) is 0.588. The second kappa shape index (κ2) is 4.58. The Balaban J connectivity index is 2.76. The number of hydrogen-bond acceptors (Lipinski definition) is 0. The molecule has 0 saturated carbocycles. The third kappa shape index (κ3) is 2.98. The summed E-state index contributed by atoms with van der Waals surface area (Å²) in [6.07, 6.45) is 0. The molecule has 1 atom stereocenters. The first-order valence-electron chi connectivity index (χ1n) is 4.29. The van der Waals surface area contributed by atoms with Crippen molar-refractivity contribution in [1.29, 1.82) is 0 Å². The summed E-state index contributed by atoms with van der Waals surface area (Å²) in [5, 5.41) is -0.244. The van der Waals surface area contributed by atoms with Gasteiger partial charge in [0.2, 0.25) is 0 Å².